The van der Waals surface area contributed by atoms with E-state index in [2.05, 4.69) is 0 Å². The van der Waals surface area contributed by atoms with Crippen LogP contribution in [0, 0.1) is 0 Å². The Balaban J connectivity index is 1.59. The molecule has 0 bridgehead atoms. The van der Waals surface area contributed by atoms with E-state index in [1.54, 1.807) is 48.5 Å². The Kier molecular flexibility index (Phi) is 6.44. The zero-order valence-electron chi connectivity index (χ0n) is 15.2. The third-order valence-corrected chi connectivity index (χ3v) is 4.28. The normalized spacial score (nSPS) is 16.0. The maximum atomic E-state index is 12.4. The largest absolute Gasteiger partial charge is 0.497 e. The Morgan fingerprint density at radius 1 is 1.15 bits per heavy atom. The van der Waals surface area contributed by atoms with E-state index in [4.69, 9.17) is 18.9 Å². The molecule has 0 saturated carbocycles. The average molecular weight is 370 g/mol. The minimum Gasteiger partial charge on any atom is -0.497 e. The average Bonchev–Trinajstić information content (AvgIpc) is 3.24. The first-order valence-corrected chi connectivity index (χ1v) is 8.85. The lowest BCUT2D eigenvalue weighted by atomic mass is 10.1. The van der Waals surface area contributed by atoms with Crippen molar-refractivity contribution >= 4 is 11.8 Å². The quantitative estimate of drug-likeness (QED) is 0.525. The Bertz CT molecular complexity index is 795. The molecule has 1 saturated heterocycles. The minimum atomic E-state index is -0.603. The van der Waals surface area contributed by atoms with Crippen LogP contribution in [-0.2, 0) is 9.47 Å². The third kappa shape index (κ3) is 5.08. The van der Waals surface area contributed by atoms with E-state index in [0.717, 1.165) is 19.4 Å². The number of para-hydroxylation sites is 1. The van der Waals surface area contributed by atoms with Crippen molar-refractivity contribution in [3.05, 3.63) is 59.7 Å². The van der Waals surface area contributed by atoms with Crippen molar-refractivity contribution in [1.29, 1.82) is 0 Å². The number of carbonyl (C=O) groups is 2. The van der Waals surface area contributed by atoms with Gasteiger partial charge in [-0.3, -0.25) is 4.79 Å². The van der Waals surface area contributed by atoms with Gasteiger partial charge in [0.25, 0.3) is 0 Å². The summed E-state index contributed by atoms with van der Waals surface area (Å²) in [6.45, 7) is 0.767. The van der Waals surface area contributed by atoms with Gasteiger partial charge in [0.2, 0.25) is 0 Å². The van der Waals surface area contributed by atoms with Gasteiger partial charge in [0.1, 0.15) is 23.7 Å². The number of hydrogen-bond donors (Lipinski definition) is 0. The molecule has 0 spiro atoms. The van der Waals surface area contributed by atoms with Crippen LogP contribution in [-0.4, -0.2) is 44.8 Å². The predicted octanol–water partition coefficient (Wildman–Crippen LogP) is 3.29. The SMILES string of the molecule is COc1cccc(C(=O)COC(=O)c2ccccc2OC[C@@H]2CCCO2)c1. The zero-order valence-corrected chi connectivity index (χ0v) is 15.2. The van der Waals surface area contributed by atoms with Crippen molar-refractivity contribution < 1.29 is 28.5 Å². The van der Waals surface area contributed by atoms with Crippen LogP contribution in [0.2, 0.25) is 0 Å². The lowest BCUT2D eigenvalue weighted by molar-refractivity contribution is 0.0459. The van der Waals surface area contributed by atoms with Crippen molar-refractivity contribution in [2.24, 2.45) is 0 Å². The predicted molar refractivity (Wildman–Crippen MR) is 98.5 cm³/mol. The molecule has 0 amide bonds. The van der Waals surface area contributed by atoms with Crippen molar-refractivity contribution in [3.63, 3.8) is 0 Å². The molecule has 2 aromatic carbocycles. The molecule has 1 heterocycles. The van der Waals surface area contributed by atoms with Gasteiger partial charge in [-0.1, -0.05) is 24.3 Å². The van der Waals surface area contributed by atoms with Gasteiger partial charge in [0.05, 0.1) is 13.2 Å². The van der Waals surface area contributed by atoms with Crippen LogP contribution in [0.25, 0.3) is 0 Å². The lowest BCUT2D eigenvalue weighted by Crippen LogP contribution is -2.19. The summed E-state index contributed by atoms with van der Waals surface area (Å²) >= 11 is 0. The summed E-state index contributed by atoms with van der Waals surface area (Å²) in [5.41, 5.74) is 0.707. The minimum absolute atomic E-state index is 0.0451. The highest BCUT2D eigenvalue weighted by molar-refractivity contribution is 6.00. The fourth-order valence-corrected chi connectivity index (χ4v) is 2.81. The van der Waals surface area contributed by atoms with Gasteiger partial charge >= 0.3 is 5.97 Å². The van der Waals surface area contributed by atoms with Gasteiger partial charge in [-0.25, -0.2) is 4.79 Å². The third-order valence-electron chi connectivity index (χ3n) is 4.28. The van der Waals surface area contributed by atoms with Crippen LogP contribution < -0.4 is 9.47 Å². The molecule has 1 fully saturated rings. The summed E-state index contributed by atoms with van der Waals surface area (Å²) in [5, 5.41) is 0. The summed E-state index contributed by atoms with van der Waals surface area (Å²) < 4.78 is 21.6. The van der Waals surface area contributed by atoms with Gasteiger partial charge in [-0.05, 0) is 37.1 Å². The number of benzene rings is 2. The Morgan fingerprint density at radius 2 is 2.00 bits per heavy atom. The molecule has 0 unspecified atom stereocenters. The number of ketones is 1. The highest BCUT2D eigenvalue weighted by Gasteiger charge is 2.19. The van der Waals surface area contributed by atoms with Gasteiger partial charge in [0.15, 0.2) is 12.4 Å². The smallest absolute Gasteiger partial charge is 0.342 e. The van der Waals surface area contributed by atoms with E-state index in [0.29, 0.717) is 23.7 Å². The highest BCUT2D eigenvalue weighted by Crippen LogP contribution is 2.21. The van der Waals surface area contributed by atoms with Crippen LogP contribution in [0.3, 0.4) is 0 Å². The van der Waals surface area contributed by atoms with Crippen LogP contribution in [0.1, 0.15) is 33.6 Å². The molecular formula is C21H22O6. The number of methoxy groups -OCH3 is 1. The number of rotatable bonds is 8. The number of esters is 1. The molecule has 1 aliphatic rings. The molecule has 0 N–H and O–H groups in total. The van der Waals surface area contributed by atoms with E-state index in [1.807, 2.05) is 0 Å². The monoisotopic (exact) mass is 370 g/mol. The van der Waals surface area contributed by atoms with Crippen molar-refractivity contribution in [2.45, 2.75) is 18.9 Å². The summed E-state index contributed by atoms with van der Waals surface area (Å²) in [4.78, 5) is 24.7. The maximum Gasteiger partial charge on any atom is 0.342 e. The van der Waals surface area contributed by atoms with Crippen molar-refractivity contribution in [3.8, 4) is 11.5 Å². The highest BCUT2D eigenvalue weighted by atomic mass is 16.5. The van der Waals surface area contributed by atoms with Crippen LogP contribution in [0.4, 0.5) is 0 Å². The maximum absolute atomic E-state index is 12.4. The molecule has 2 aromatic rings. The Morgan fingerprint density at radius 3 is 2.78 bits per heavy atom. The van der Waals surface area contributed by atoms with Gasteiger partial charge in [-0.2, -0.15) is 0 Å². The first kappa shape index (κ1) is 18.9. The number of carbonyl (C=O) groups excluding carboxylic acids is 2. The number of Topliss-reactive ketones (excluding diaryl/α,β-unsaturated/α-hetero) is 1. The Labute approximate surface area is 158 Å². The molecular weight excluding hydrogens is 348 g/mol. The molecule has 1 aliphatic heterocycles. The summed E-state index contributed by atoms with van der Waals surface area (Å²) in [5.74, 6) is 0.0843. The van der Waals surface area contributed by atoms with Crippen molar-refractivity contribution in [1.82, 2.24) is 0 Å². The van der Waals surface area contributed by atoms with E-state index in [-0.39, 0.29) is 24.1 Å². The topological polar surface area (TPSA) is 71.1 Å². The van der Waals surface area contributed by atoms with Crippen LogP contribution >= 0.6 is 0 Å². The molecule has 0 aliphatic carbocycles. The summed E-state index contributed by atoms with van der Waals surface area (Å²) in [6.07, 6.45) is 2.01. The molecule has 27 heavy (non-hydrogen) atoms. The first-order valence-electron chi connectivity index (χ1n) is 8.85. The zero-order chi connectivity index (χ0) is 19.1. The van der Waals surface area contributed by atoms with Gasteiger partial charge < -0.3 is 18.9 Å². The van der Waals surface area contributed by atoms with Gasteiger partial charge in [0, 0.05) is 12.2 Å². The first-order chi connectivity index (χ1) is 13.2. The molecule has 142 valence electrons. The molecule has 6 nitrogen and oxygen atoms in total. The second-order valence-electron chi connectivity index (χ2n) is 6.17. The molecule has 3 rings (SSSR count). The fraction of sp³-hybridized carbons (Fsp3) is 0.333. The molecule has 6 heteroatoms. The summed E-state index contributed by atoms with van der Waals surface area (Å²) in [7, 11) is 1.52. The lowest BCUT2D eigenvalue weighted by Gasteiger charge is -2.14. The van der Waals surface area contributed by atoms with E-state index >= 15 is 0 Å². The number of ether oxygens (including phenoxy) is 4. The second-order valence-corrected chi connectivity index (χ2v) is 6.17. The van der Waals surface area contributed by atoms with Crippen LogP contribution in [0.15, 0.2) is 48.5 Å². The van der Waals surface area contributed by atoms with Gasteiger partial charge in [-0.15, -0.1) is 0 Å². The van der Waals surface area contributed by atoms with Crippen molar-refractivity contribution in [2.75, 3.05) is 26.9 Å². The fourth-order valence-electron chi connectivity index (χ4n) is 2.81. The Hall–Kier alpha value is -2.86. The standard InChI is InChI=1S/C21H22O6/c1-24-16-7-4-6-15(12-16)19(22)14-27-21(23)18-9-2-3-10-20(18)26-13-17-8-5-11-25-17/h2-4,6-7,9-10,12,17H,5,8,11,13-14H2,1H3/t17-/m0/s1. The molecule has 0 radical (unpaired) electrons. The molecule has 0 aromatic heterocycles. The molecule has 1 atom stereocenters. The second kappa shape index (κ2) is 9.19. The van der Waals surface area contributed by atoms with E-state index in [9.17, 15) is 9.59 Å². The summed E-state index contributed by atoms with van der Waals surface area (Å²) in [6, 6.07) is 13.5. The van der Waals surface area contributed by atoms with Crippen LogP contribution in [0.5, 0.6) is 11.5 Å². The van der Waals surface area contributed by atoms with E-state index in [1.165, 1.54) is 7.11 Å². The number of hydrogen-bond acceptors (Lipinski definition) is 6. The van der Waals surface area contributed by atoms with E-state index < -0.39 is 5.97 Å².